The first kappa shape index (κ1) is 22.8. The van der Waals surface area contributed by atoms with Crippen LogP contribution >= 0.6 is 0 Å². The summed E-state index contributed by atoms with van der Waals surface area (Å²) in [5.41, 5.74) is 2.04. The molecule has 0 bridgehead atoms. The SMILES string of the molecule is CO[C@@H]1CCCN2C(=O)c3ccccc3OCCN(CCc3ccccc3)CCCC[C@H]12. The Labute approximate surface area is 192 Å². The summed E-state index contributed by atoms with van der Waals surface area (Å²) in [4.78, 5) is 18.1. The molecule has 2 heterocycles. The lowest BCUT2D eigenvalue weighted by molar-refractivity contribution is -0.0155. The van der Waals surface area contributed by atoms with E-state index in [9.17, 15) is 4.79 Å². The molecular formula is C27H36N2O3. The van der Waals surface area contributed by atoms with E-state index in [2.05, 4.69) is 35.2 Å². The Balaban J connectivity index is 1.51. The van der Waals surface area contributed by atoms with E-state index in [1.807, 2.05) is 29.2 Å². The summed E-state index contributed by atoms with van der Waals surface area (Å²) in [6.45, 7) is 4.31. The minimum Gasteiger partial charge on any atom is -0.491 e. The molecule has 2 aliphatic heterocycles. The quantitative estimate of drug-likeness (QED) is 0.712. The summed E-state index contributed by atoms with van der Waals surface area (Å²) in [6, 6.07) is 18.5. The molecule has 0 N–H and O–H groups in total. The lowest BCUT2D eigenvalue weighted by Crippen LogP contribution is -2.51. The molecule has 2 aromatic rings. The van der Waals surface area contributed by atoms with E-state index < -0.39 is 0 Å². The summed E-state index contributed by atoms with van der Waals surface area (Å²) in [5, 5.41) is 0. The zero-order valence-corrected chi connectivity index (χ0v) is 19.2. The van der Waals surface area contributed by atoms with Crippen molar-refractivity contribution in [3.8, 4) is 5.75 Å². The van der Waals surface area contributed by atoms with Gasteiger partial charge in [-0.3, -0.25) is 9.69 Å². The predicted molar refractivity (Wildman–Crippen MR) is 127 cm³/mol. The Morgan fingerprint density at radius 1 is 0.938 bits per heavy atom. The fourth-order valence-electron chi connectivity index (χ4n) is 5.06. The van der Waals surface area contributed by atoms with Crippen LogP contribution in [-0.4, -0.2) is 67.7 Å². The van der Waals surface area contributed by atoms with Gasteiger partial charge < -0.3 is 14.4 Å². The van der Waals surface area contributed by atoms with Crippen LogP contribution in [0.5, 0.6) is 5.75 Å². The van der Waals surface area contributed by atoms with Gasteiger partial charge >= 0.3 is 0 Å². The standard InChI is InChI=1S/C27H36N2O3/c1-31-26-15-9-18-29-24(26)13-7-8-17-28(19-16-22-10-3-2-4-11-22)20-21-32-25-14-6-5-12-23(25)27(29)30/h2-6,10-12,14,24,26H,7-9,13,15-21H2,1H3/t24-,26-/m1/s1. The highest BCUT2D eigenvalue weighted by Gasteiger charge is 2.35. The molecule has 0 aliphatic carbocycles. The molecule has 2 aliphatic rings. The smallest absolute Gasteiger partial charge is 0.257 e. The first-order chi connectivity index (χ1) is 15.8. The van der Waals surface area contributed by atoms with Crippen LogP contribution in [-0.2, 0) is 11.2 Å². The number of ether oxygens (including phenoxy) is 2. The van der Waals surface area contributed by atoms with Crippen LogP contribution in [0, 0.1) is 0 Å². The average Bonchev–Trinajstić information content (AvgIpc) is 2.85. The fourth-order valence-corrected chi connectivity index (χ4v) is 5.06. The Hall–Kier alpha value is -2.37. The van der Waals surface area contributed by atoms with Crippen LogP contribution in [0.4, 0.5) is 0 Å². The summed E-state index contributed by atoms with van der Waals surface area (Å²) < 4.78 is 12.0. The van der Waals surface area contributed by atoms with Crippen molar-refractivity contribution < 1.29 is 14.3 Å². The molecule has 0 saturated carbocycles. The van der Waals surface area contributed by atoms with Gasteiger partial charge in [0.15, 0.2) is 0 Å². The van der Waals surface area contributed by atoms with Gasteiger partial charge in [-0.25, -0.2) is 0 Å². The van der Waals surface area contributed by atoms with E-state index >= 15 is 0 Å². The molecule has 0 radical (unpaired) electrons. The summed E-state index contributed by atoms with van der Waals surface area (Å²) in [6.07, 6.45) is 6.36. The molecule has 2 atom stereocenters. The van der Waals surface area contributed by atoms with Crippen molar-refractivity contribution in [2.45, 2.75) is 50.7 Å². The van der Waals surface area contributed by atoms with Gasteiger partial charge in [-0.15, -0.1) is 0 Å². The van der Waals surface area contributed by atoms with Crippen LogP contribution < -0.4 is 4.74 Å². The molecule has 32 heavy (non-hydrogen) atoms. The van der Waals surface area contributed by atoms with E-state index in [1.165, 1.54) is 5.56 Å². The number of methoxy groups -OCH3 is 1. The molecule has 0 unspecified atom stereocenters. The first-order valence-corrected chi connectivity index (χ1v) is 12.1. The van der Waals surface area contributed by atoms with Crippen LogP contribution in [0.2, 0.25) is 0 Å². The third kappa shape index (κ3) is 5.70. The molecule has 1 amide bonds. The van der Waals surface area contributed by atoms with Crippen LogP contribution in [0.3, 0.4) is 0 Å². The highest BCUT2D eigenvalue weighted by Crippen LogP contribution is 2.29. The molecular weight excluding hydrogens is 400 g/mol. The van der Waals surface area contributed by atoms with Crippen molar-refractivity contribution in [3.05, 3.63) is 65.7 Å². The highest BCUT2D eigenvalue weighted by molar-refractivity contribution is 5.97. The first-order valence-electron chi connectivity index (χ1n) is 12.1. The van der Waals surface area contributed by atoms with E-state index in [4.69, 9.17) is 9.47 Å². The van der Waals surface area contributed by atoms with Gasteiger partial charge in [-0.2, -0.15) is 0 Å². The largest absolute Gasteiger partial charge is 0.491 e. The van der Waals surface area contributed by atoms with Gasteiger partial charge in [0, 0.05) is 26.7 Å². The average molecular weight is 437 g/mol. The number of nitrogens with zero attached hydrogens (tertiary/aromatic N) is 2. The maximum atomic E-state index is 13.5. The van der Waals surface area contributed by atoms with Gasteiger partial charge in [0.05, 0.1) is 17.7 Å². The Bertz CT molecular complexity index is 857. The third-order valence-corrected chi connectivity index (χ3v) is 6.85. The van der Waals surface area contributed by atoms with Crippen molar-refractivity contribution in [3.63, 3.8) is 0 Å². The zero-order valence-electron chi connectivity index (χ0n) is 19.2. The monoisotopic (exact) mass is 436 g/mol. The number of para-hydroxylation sites is 1. The molecule has 1 saturated heterocycles. The lowest BCUT2D eigenvalue weighted by Gasteiger charge is -2.41. The Morgan fingerprint density at radius 2 is 1.75 bits per heavy atom. The van der Waals surface area contributed by atoms with Gasteiger partial charge in [0.25, 0.3) is 5.91 Å². The summed E-state index contributed by atoms with van der Waals surface area (Å²) >= 11 is 0. The number of hydrogen-bond acceptors (Lipinski definition) is 4. The summed E-state index contributed by atoms with van der Waals surface area (Å²) in [5.74, 6) is 0.769. The van der Waals surface area contributed by atoms with E-state index in [-0.39, 0.29) is 18.1 Å². The third-order valence-electron chi connectivity index (χ3n) is 6.85. The number of amides is 1. The second-order valence-electron chi connectivity index (χ2n) is 8.90. The minimum absolute atomic E-state index is 0.0764. The van der Waals surface area contributed by atoms with Crippen molar-refractivity contribution in [1.29, 1.82) is 0 Å². The second kappa shape index (κ2) is 11.5. The predicted octanol–water partition coefficient (Wildman–Crippen LogP) is 4.41. The minimum atomic E-state index is 0.0764. The van der Waals surface area contributed by atoms with Crippen molar-refractivity contribution >= 4 is 5.91 Å². The highest BCUT2D eigenvalue weighted by atomic mass is 16.5. The van der Waals surface area contributed by atoms with Gasteiger partial charge in [0.2, 0.25) is 0 Å². The molecule has 2 aromatic carbocycles. The lowest BCUT2D eigenvalue weighted by atomic mass is 9.93. The molecule has 4 rings (SSSR count). The van der Waals surface area contributed by atoms with Crippen LogP contribution in [0.15, 0.2) is 54.6 Å². The topological polar surface area (TPSA) is 42.0 Å². The van der Waals surface area contributed by atoms with E-state index in [0.717, 1.165) is 64.7 Å². The number of hydrogen-bond donors (Lipinski definition) is 0. The second-order valence-corrected chi connectivity index (χ2v) is 8.90. The maximum absolute atomic E-state index is 13.5. The maximum Gasteiger partial charge on any atom is 0.257 e. The number of carbonyl (C=O) groups excluding carboxylic acids is 1. The number of benzene rings is 2. The Morgan fingerprint density at radius 3 is 2.59 bits per heavy atom. The van der Waals surface area contributed by atoms with E-state index in [0.29, 0.717) is 17.9 Å². The molecule has 5 heteroatoms. The van der Waals surface area contributed by atoms with Crippen molar-refractivity contribution in [2.24, 2.45) is 0 Å². The van der Waals surface area contributed by atoms with Crippen molar-refractivity contribution in [1.82, 2.24) is 9.80 Å². The van der Waals surface area contributed by atoms with Gasteiger partial charge in [-0.05, 0) is 56.3 Å². The normalized spacial score (nSPS) is 23.2. The number of piperidine rings is 1. The van der Waals surface area contributed by atoms with E-state index in [1.54, 1.807) is 7.11 Å². The van der Waals surface area contributed by atoms with Crippen LogP contribution in [0.25, 0.3) is 0 Å². The van der Waals surface area contributed by atoms with Gasteiger partial charge in [-0.1, -0.05) is 48.9 Å². The number of rotatable bonds is 4. The molecule has 0 aromatic heterocycles. The number of fused-ring (bicyclic) bond motifs is 2. The van der Waals surface area contributed by atoms with Gasteiger partial charge in [0.1, 0.15) is 12.4 Å². The van der Waals surface area contributed by atoms with Crippen LogP contribution in [0.1, 0.15) is 48.0 Å². The number of carbonyl (C=O) groups is 1. The molecule has 0 spiro atoms. The molecule has 1 fully saturated rings. The molecule has 172 valence electrons. The van der Waals surface area contributed by atoms with Crippen molar-refractivity contribution in [2.75, 3.05) is 39.9 Å². The molecule has 5 nitrogen and oxygen atoms in total. The summed E-state index contributed by atoms with van der Waals surface area (Å²) in [7, 11) is 1.78. The zero-order chi connectivity index (χ0) is 22.2. The Kier molecular flexibility index (Phi) is 8.18. The fraction of sp³-hybridized carbons (Fsp3) is 0.519.